The summed E-state index contributed by atoms with van der Waals surface area (Å²) < 4.78 is 26.7. The van der Waals surface area contributed by atoms with Gasteiger partial charge in [0.1, 0.15) is 11.5 Å². The molecule has 0 aliphatic rings. The van der Waals surface area contributed by atoms with Crippen LogP contribution in [0.5, 0.6) is 0 Å². The van der Waals surface area contributed by atoms with Crippen LogP contribution < -0.4 is 0 Å². The third kappa shape index (κ3) is 2.38. The minimum atomic E-state index is -3.06. The van der Waals surface area contributed by atoms with Gasteiger partial charge in [0.15, 0.2) is 9.84 Å². The average Bonchev–Trinajstić information content (AvgIpc) is 2.39. The van der Waals surface area contributed by atoms with Crippen molar-refractivity contribution in [2.24, 2.45) is 0 Å². The lowest BCUT2D eigenvalue weighted by atomic mass is 10.5. The highest BCUT2D eigenvalue weighted by atomic mass is 32.2. The van der Waals surface area contributed by atoms with Crippen LogP contribution in [-0.4, -0.2) is 14.2 Å². The molecule has 1 aromatic heterocycles. The molecule has 0 aliphatic heterocycles. The van der Waals surface area contributed by atoms with Crippen LogP contribution in [-0.2, 0) is 9.84 Å². The second kappa shape index (κ2) is 3.09. The van der Waals surface area contributed by atoms with Crippen LogP contribution in [0.25, 0.3) is 0 Å². The Kier molecular flexibility index (Phi) is 2.34. The van der Waals surface area contributed by atoms with Gasteiger partial charge in [-0.3, -0.25) is 0 Å². The van der Waals surface area contributed by atoms with Crippen LogP contribution in [0.4, 0.5) is 0 Å². The van der Waals surface area contributed by atoms with Gasteiger partial charge in [-0.2, -0.15) is 0 Å². The van der Waals surface area contributed by atoms with E-state index in [0.29, 0.717) is 5.76 Å². The Hall–Kier alpha value is -0.770. The second-order valence-electron chi connectivity index (χ2n) is 2.08. The fourth-order valence-electron chi connectivity index (χ4n) is 0.619. The maximum atomic E-state index is 11.0. The van der Waals surface area contributed by atoms with Gasteiger partial charge in [0.05, 0.1) is 6.26 Å². The quantitative estimate of drug-likeness (QED) is 0.690. The predicted octanol–water partition coefficient (Wildman–Crippen LogP) is 1.22. The van der Waals surface area contributed by atoms with E-state index in [-0.39, 0.29) is 5.75 Å². The first-order chi connectivity index (χ1) is 5.14. The largest absolute Gasteiger partial charge is 0.468 e. The van der Waals surface area contributed by atoms with E-state index < -0.39 is 9.84 Å². The molecule has 0 spiro atoms. The van der Waals surface area contributed by atoms with Gasteiger partial charge in [-0.05, 0) is 12.1 Å². The van der Waals surface area contributed by atoms with E-state index in [0.717, 1.165) is 5.75 Å². The van der Waals surface area contributed by atoms with Gasteiger partial charge in [-0.25, -0.2) is 8.42 Å². The Labute approximate surface area is 65.9 Å². The highest BCUT2D eigenvalue weighted by molar-refractivity contribution is 7.93. The van der Waals surface area contributed by atoms with Crippen molar-refractivity contribution in [1.29, 1.82) is 0 Å². The summed E-state index contributed by atoms with van der Waals surface area (Å²) in [5.41, 5.74) is 0. The molecule has 0 aliphatic carbocycles. The van der Waals surface area contributed by atoms with Crippen molar-refractivity contribution < 1.29 is 12.8 Å². The molecule has 0 aromatic carbocycles. The fraction of sp³-hybridized carbons (Fsp3) is 0.286. The molecular weight excluding hydrogens is 164 g/mol. The zero-order valence-electron chi connectivity index (χ0n) is 6.15. The number of sulfone groups is 1. The van der Waals surface area contributed by atoms with Crippen LogP contribution in [0.1, 0.15) is 12.7 Å². The van der Waals surface area contributed by atoms with Gasteiger partial charge in [0, 0.05) is 5.75 Å². The summed E-state index contributed by atoms with van der Waals surface area (Å²) in [4.78, 5) is 0. The maximum absolute atomic E-state index is 11.0. The first-order valence-electron chi connectivity index (χ1n) is 3.25. The first kappa shape index (κ1) is 8.33. The molecule has 1 aromatic rings. The van der Waals surface area contributed by atoms with Crippen LogP contribution >= 0.6 is 0 Å². The molecular formula is C7H9O3S. The molecule has 1 rings (SSSR count). The molecule has 0 atom stereocenters. The number of furan rings is 1. The van der Waals surface area contributed by atoms with Gasteiger partial charge < -0.3 is 4.42 Å². The molecule has 0 saturated heterocycles. The topological polar surface area (TPSA) is 47.3 Å². The van der Waals surface area contributed by atoms with Gasteiger partial charge in [-0.15, -0.1) is 0 Å². The zero-order chi connectivity index (χ0) is 8.32. The van der Waals surface area contributed by atoms with E-state index in [1.54, 1.807) is 19.1 Å². The molecule has 0 amide bonds. The van der Waals surface area contributed by atoms with E-state index in [4.69, 9.17) is 4.42 Å². The van der Waals surface area contributed by atoms with E-state index in [1.165, 1.54) is 6.26 Å². The molecule has 0 saturated carbocycles. The number of hydrogen-bond donors (Lipinski definition) is 0. The lowest BCUT2D eigenvalue weighted by Gasteiger charge is -1.94. The van der Waals surface area contributed by atoms with E-state index in [9.17, 15) is 8.42 Å². The highest BCUT2D eigenvalue weighted by Crippen LogP contribution is 2.08. The molecule has 11 heavy (non-hydrogen) atoms. The Bertz CT molecular complexity index is 296. The Balaban J connectivity index is 2.72. The van der Waals surface area contributed by atoms with Crippen LogP contribution in [0, 0.1) is 5.75 Å². The summed E-state index contributed by atoms with van der Waals surface area (Å²) in [5, 5.41) is 0. The van der Waals surface area contributed by atoms with E-state index >= 15 is 0 Å². The van der Waals surface area contributed by atoms with Crippen molar-refractivity contribution in [2.45, 2.75) is 6.92 Å². The normalized spacial score (nSPS) is 11.7. The Morgan fingerprint density at radius 3 is 2.82 bits per heavy atom. The molecule has 0 bridgehead atoms. The minimum absolute atomic E-state index is 0.105. The Morgan fingerprint density at radius 2 is 2.36 bits per heavy atom. The third-order valence-corrected chi connectivity index (χ3v) is 2.64. The molecule has 0 unspecified atom stereocenters. The average molecular weight is 173 g/mol. The van der Waals surface area contributed by atoms with Crippen molar-refractivity contribution in [3.8, 4) is 0 Å². The lowest BCUT2D eigenvalue weighted by molar-refractivity contribution is 0.541. The molecule has 4 heteroatoms. The van der Waals surface area contributed by atoms with Crippen LogP contribution in [0.15, 0.2) is 22.8 Å². The molecule has 0 N–H and O–H groups in total. The first-order valence-corrected chi connectivity index (χ1v) is 4.96. The van der Waals surface area contributed by atoms with Gasteiger partial charge in [0.2, 0.25) is 0 Å². The summed E-state index contributed by atoms with van der Waals surface area (Å²) in [6.07, 6.45) is 1.44. The number of hydrogen-bond acceptors (Lipinski definition) is 3. The highest BCUT2D eigenvalue weighted by Gasteiger charge is 2.10. The summed E-state index contributed by atoms with van der Waals surface area (Å²) in [5.74, 6) is 1.62. The van der Waals surface area contributed by atoms with Crippen molar-refractivity contribution in [3.63, 3.8) is 0 Å². The minimum Gasteiger partial charge on any atom is -0.468 e. The second-order valence-corrected chi connectivity index (χ2v) is 4.22. The summed E-state index contributed by atoms with van der Waals surface area (Å²) in [6, 6.07) is 3.25. The molecule has 3 nitrogen and oxygen atoms in total. The fourth-order valence-corrected chi connectivity index (χ4v) is 1.27. The van der Waals surface area contributed by atoms with E-state index in [2.05, 4.69) is 0 Å². The number of rotatable bonds is 3. The Morgan fingerprint density at radius 1 is 1.64 bits per heavy atom. The zero-order valence-corrected chi connectivity index (χ0v) is 6.97. The summed E-state index contributed by atoms with van der Waals surface area (Å²) in [6.45, 7) is 1.59. The summed E-state index contributed by atoms with van der Waals surface area (Å²) >= 11 is 0. The smallest absolute Gasteiger partial charge is 0.161 e. The van der Waals surface area contributed by atoms with Crippen LogP contribution in [0.2, 0.25) is 0 Å². The molecule has 61 valence electrons. The van der Waals surface area contributed by atoms with Gasteiger partial charge in [0.25, 0.3) is 0 Å². The standard InChI is InChI=1S/C7H9O3S/c1-2-11(8,9)6-7-4-3-5-10-7/h3-6H,2H2,1H3. The van der Waals surface area contributed by atoms with Crippen molar-refractivity contribution in [3.05, 3.63) is 29.9 Å². The maximum Gasteiger partial charge on any atom is 0.161 e. The summed E-state index contributed by atoms with van der Waals surface area (Å²) in [7, 11) is -3.06. The SMILES string of the molecule is CCS(=O)(=O)[CH]c1ccco1. The molecule has 1 heterocycles. The predicted molar refractivity (Wildman–Crippen MR) is 41.6 cm³/mol. The molecule has 0 fully saturated rings. The monoisotopic (exact) mass is 173 g/mol. The van der Waals surface area contributed by atoms with Crippen LogP contribution in [0.3, 0.4) is 0 Å². The van der Waals surface area contributed by atoms with E-state index in [1.807, 2.05) is 0 Å². The van der Waals surface area contributed by atoms with Gasteiger partial charge >= 0.3 is 0 Å². The molecule has 1 radical (unpaired) electrons. The van der Waals surface area contributed by atoms with Crippen molar-refractivity contribution in [2.75, 3.05) is 5.75 Å². The van der Waals surface area contributed by atoms with Crippen molar-refractivity contribution in [1.82, 2.24) is 0 Å². The lowest BCUT2D eigenvalue weighted by Crippen LogP contribution is -2.02. The van der Waals surface area contributed by atoms with Crippen molar-refractivity contribution >= 4 is 9.84 Å². The third-order valence-electron chi connectivity index (χ3n) is 1.24. The van der Waals surface area contributed by atoms with Gasteiger partial charge in [-0.1, -0.05) is 6.92 Å².